The highest BCUT2D eigenvalue weighted by Gasteiger charge is 2.34. The Bertz CT molecular complexity index is 473. The standard InChI is InChI=1S/C15H22N2O2/c1-10-6-13(19-3)4-5-14(10)15-7-12(8-16)9-17(15)11(2)18/h4-6,12,15H,7-9,16H2,1-3H3. The normalized spacial score (nSPS) is 22.6. The smallest absolute Gasteiger partial charge is 0.219 e. The molecule has 1 aliphatic rings. The van der Waals surface area contributed by atoms with Crippen LogP contribution >= 0.6 is 0 Å². The van der Waals surface area contributed by atoms with Gasteiger partial charge in [0.2, 0.25) is 5.91 Å². The highest BCUT2D eigenvalue weighted by atomic mass is 16.5. The van der Waals surface area contributed by atoms with E-state index in [0.29, 0.717) is 12.5 Å². The topological polar surface area (TPSA) is 55.6 Å². The third kappa shape index (κ3) is 2.73. The molecule has 4 nitrogen and oxygen atoms in total. The fourth-order valence-corrected chi connectivity index (χ4v) is 2.89. The van der Waals surface area contributed by atoms with E-state index in [9.17, 15) is 4.79 Å². The molecule has 19 heavy (non-hydrogen) atoms. The van der Waals surface area contributed by atoms with E-state index in [4.69, 9.17) is 10.5 Å². The second-order valence-electron chi connectivity index (χ2n) is 5.25. The van der Waals surface area contributed by atoms with E-state index in [0.717, 1.165) is 24.3 Å². The molecule has 0 bridgehead atoms. The lowest BCUT2D eigenvalue weighted by molar-refractivity contribution is -0.129. The van der Waals surface area contributed by atoms with E-state index >= 15 is 0 Å². The minimum Gasteiger partial charge on any atom is -0.497 e. The zero-order chi connectivity index (χ0) is 14.0. The molecule has 0 aromatic heterocycles. The Morgan fingerprint density at radius 3 is 2.79 bits per heavy atom. The molecule has 1 aliphatic heterocycles. The molecule has 0 saturated carbocycles. The van der Waals surface area contributed by atoms with E-state index < -0.39 is 0 Å². The maximum atomic E-state index is 11.8. The zero-order valence-corrected chi connectivity index (χ0v) is 11.8. The fraction of sp³-hybridized carbons (Fsp3) is 0.533. The number of rotatable bonds is 3. The van der Waals surface area contributed by atoms with Crippen molar-refractivity contribution in [2.75, 3.05) is 20.2 Å². The van der Waals surface area contributed by atoms with Crippen molar-refractivity contribution in [1.29, 1.82) is 0 Å². The van der Waals surface area contributed by atoms with Gasteiger partial charge in [-0.15, -0.1) is 0 Å². The van der Waals surface area contributed by atoms with Crippen molar-refractivity contribution >= 4 is 5.91 Å². The van der Waals surface area contributed by atoms with Crippen molar-refractivity contribution in [2.45, 2.75) is 26.3 Å². The summed E-state index contributed by atoms with van der Waals surface area (Å²) in [5, 5.41) is 0. The summed E-state index contributed by atoms with van der Waals surface area (Å²) in [7, 11) is 1.66. The molecule has 1 heterocycles. The van der Waals surface area contributed by atoms with Gasteiger partial charge in [-0.25, -0.2) is 0 Å². The molecule has 1 aromatic rings. The third-order valence-electron chi connectivity index (χ3n) is 3.96. The molecule has 1 saturated heterocycles. The van der Waals surface area contributed by atoms with Crippen molar-refractivity contribution in [1.82, 2.24) is 4.90 Å². The molecule has 4 heteroatoms. The lowest BCUT2D eigenvalue weighted by atomic mass is 9.96. The molecule has 2 rings (SSSR count). The predicted octanol–water partition coefficient (Wildman–Crippen LogP) is 1.87. The summed E-state index contributed by atoms with van der Waals surface area (Å²) in [6, 6.07) is 6.19. The van der Waals surface area contributed by atoms with Gasteiger partial charge in [-0.3, -0.25) is 4.79 Å². The lowest BCUT2D eigenvalue weighted by Crippen LogP contribution is -2.29. The Morgan fingerprint density at radius 2 is 2.26 bits per heavy atom. The van der Waals surface area contributed by atoms with Crippen molar-refractivity contribution in [3.05, 3.63) is 29.3 Å². The van der Waals surface area contributed by atoms with Crippen LogP contribution in [0.4, 0.5) is 0 Å². The number of nitrogens with two attached hydrogens (primary N) is 1. The first-order chi connectivity index (χ1) is 9.06. The van der Waals surface area contributed by atoms with Crippen LogP contribution in [0.5, 0.6) is 5.75 Å². The first-order valence-corrected chi connectivity index (χ1v) is 6.68. The second-order valence-corrected chi connectivity index (χ2v) is 5.25. The fourth-order valence-electron chi connectivity index (χ4n) is 2.89. The van der Waals surface area contributed by atoms with E-state index in [-0.39, 0.29) is 11.9 Å². The van der Waals surface area contributed by atoms with E-state index in [2.05, 4.69) is 13.0 Å². The summed E-state index contributed by atoms with van der Waals surface area (Å²) in [5.74, 6) is 1.37. The summed E-state index contributed by atoms with van der Waals surface area (Å²) >= 11 is 0. The Balaban J connectivity index is 2.31. The van der Waals surface area contributed by atoms with Crippen LogP contribution in [0, 0.1) is 12.8 Å². The van der Waals surface area contributed by atoms with Gasteiger partial charge in [-0.05, 0) is 49.1 Å². The maximum absolute atomic E-state index is 11.8. The van der Waals surface area contributed by atoms with Crippen LogP contribution < -0.4 is 10.5 Å². The van der Waals surface area contributed by atoms with Gasteiger partial charge in [0.05, 0.1) is 13.2 Å². The zero-order valence-electron chi connectivity index (χ0n) is 11.8. The number of hydrogen-bond acceptors (Lipinski definition) is 3. The predicted molar refractivity (Wildman–Crippen MR) is 75.0 cm³/mol. The number of carbonyl (C=O) groups is 1. The van der Waals surface area contributed by atoms with Crippen molar-refractivity contribution in [2.24, 2.45) is 11.7 Å². The number of amides is 1. The van der Waals surface area contributed by atoms with Crippen LogP contribution in [0.25, 0.3) is 0 Å². The molecule has 2 N–H and O–H groups in total. The summed E-state index contributed by atoms with van der Waals surface area (Å²) in [5.41, 5.74) is 8.12. The Labute approximate surface area is 114 Å². The molecule has 0 aliphatic carbocycles. The highest BCUT2D eigenvalue weighted by Crippen LogP contribution is 2.37. The minimum atomic E-state index is 0.121. The molecule has 1 fully saturated rings. The number of methoxy groups -OCH3 is 1. The van der Waals surface area contributed by atoms with Crippen molar-refractivity contribution < 1.29 is 9.53 Å². The Hall–Kier alpha value is -1.55. The van der Waals surface area contributed by atoms with Gasteiger partial charge in [0.25, 0.3) is 0 Å². The second kappa shape index (κ2) is 5.61. The van der Waals surface area contributed by atoms with Gasteiger partial charge < -0.3 is 15.4 Å². The largest absolute Gasteiger partial charge is 0.497 e. The monoisotopic (exact) mass is 262 g/mol. The average Bonchev–Trinajstić information content (AvgIpc) is 2.82. The number of likely N-dealkylation sites (tertiary alicyclic amines) is 1. The van der Waals surface area contributed by atoms with Gasteiger partial charge in [-0.2, -0.15) is 0 Å². The quantitative estimate of drug-likeness (QED) is 0.904. The van der Waals surface area contributed by atoms with Gasteiger partial charge in [-0.1, -0.05) is 6.07 Å². The molecule has 2 atom stereocenters. The first kappa shape index (κ1) is 13.9. The molecule has 104 valence electrons. The minimum absolute atomic E-state index is 0.121. The van der Waals surface area contributed by atoms with Gasteiger partial charge >= 0.3 is 0 Å². The number of benzene rings is 1. The van der Waals surface area contributed by atoms with Crippen LogP contribution in [0.3, 0.4) is 0 Å². The molecule has 2 unspecified atom stereocenters. The van der Waals surface area contributed by atoms with E-state index in [1.807, 2.05) is 17.0 Å². The molecule has 0 radical (unpaired) electrons. The summed E-state index contributed by atoms with van der Waals surface area (Å²) < 4.78 is 5.23. The summed E-state index contributed by atoms with van der Waals surface area (Å²) in [6.07, 6.45) is 0.948. The van der Waals surface area contributed by atoms with Crippen molar-refractivity contribution in [3.8, 4) is 5.75 Å². The molecule has 1 aromatic carbocycles. The summed E-state index contributed by atoms with van der Waals surface area (Å²) in [4.78, 5) is 13.7. The lowest BCUT2D eigenvalue weighted by Gasteiger charge is -2.25. The molecular weight excluding hydrogens is 240 g/mol. The summed E-state index contributed by atoms with van der Waals surface area (Å²) in [6.45, 7) is 5.09. The molecule has 0 spiro atoms. The number of aryl methyl sites for hydroxylation is 1. The number of hydrogen-bond donors (Lipinski definition) is 1. The average molecular weight is 262 g/mol. The van der Waals surface area contributed by atoms with E-state index in [1.165, 1.54) is 5.56 Å². The Morgan fingerprint density at radius 1 is 1.53 bits per heavy atom. The van der Waals surface area contributed by atoms with Crippen LogP contribution in [0.1, 0.15) is 30.5 Å². The third-order valence-corrected chi connectivity index (χ3v) is 3.96. The number of nitrogens with zero attached hydrogens (tertiary/aromatic N) is 1. The van der Waals surface area contributed by atoms with Crippen LogP contribution in [0.15, 0.2) is 18.2 Å². The van der Waals surface area contributed by atoms with Crippen LogP contribution in [0.2, 0.25) is 0 Å². The van der Waals surface area contributed by atoms with E-state index in [1.54, 1.807) is 14.0 Å². The first-order valence-electron chi connectivity index (χ1n) is 6.68. The molecule has 1 amide bonds. The van der Waals surface area contributed by atoms with Gasteiger partial charge in [0, 0.05) is 13.5 Å². The highest BCUT2D eigenvalue weighted by molar-refractivity contribution is 5.74. The SMILES string of the molecule is COc1ccc(C2CC(CN)CN2C(C)=O)c(C)c1. The van der Waals surface area contributed by atoms with Gasteiger partial charge in [0.15, 0.2) is 0 Å². The Kier molecular flexibility index (Phi) is 4.10. The number of ether oxygens (including phenoxy) is 1. The maximum Gasteiger partial charge on any atom is 0.219 e. The molecular formula is C15H22N2O2. The number of carbonyl (C=O) groups excluding carboxylic acids is 1. The van der Waals surface area contributed by atoms with Crippen LogP contribution in [-0.2, 0) is 4.79 Å². The van der Waals surface area contributed by atoms with Gasteiger partial charge in [0.1, 0.15) is 5.75 Å². The van der Waals surface area contributed by atoms with Crippen LogP contribution in [-0.4, -0.2) is 31.0 Å². The van der Waals surface area contributed by atoms with Crippen molar-refractivity contribution in [3.63, 3.8) is 0 Å².